The number of benzene rings is 1. The first kappa shape index (κ1) is 32.3. The lowest BCUT2D eigenvalue weighted by atomic mass is 10.0. The SMILES string of the molecule is CSCCC(N)C(=O)NC(CCC(=O)O)C(=O)NC(CCSC)C(=O)NC(Cc1ccccc1)C(=O)O. The van der Waals surface area contributed by atoms with E-state index in [9.17, 15) is 29.1 Å². The number of carboxylic acids is 2. The zero-order chi connectivity index (χ0) is 27.8. The fraction of sp³-hybridized carbons (Fsp3) is 0.542. The molecule has 0 bridgehead atoms. The van der Waals surface area contributed by atoms with Crippen LogP contribution in [0.25, 0.3) is 0 Å². The third kappa shape index (κ3) is 12.8. The zero-order valence-electron chi connectivity index (χ0n) is 21.0. The highest BCUT2D eigenvalue weighted by atomic mass is 32.2. The largest absolute Gasteiger partial charge is 0.481 e. The molecule has 3 amide bonds. The summed E-state index contributed by atoms with van der Waals surface area (Å²) in [6.07, 6.45) is 3.71. The van der Waals surface area contributed by atoms with Crippen LogP contribution in [0.2, 0.25) is 0 Å². The van der Waals surface area contributed by atoms with Crippen LogP contribution in [0.15, 0.2) is 30.3 Å². The normalized spacial score (nSPS) is 14.0. The minimum absolute atomic E-state index is 0.0519. The third-order valence-electron chi connectivity index (χ3n) is 5.39. The van der Waals surface area contributed by atoms with E-state index < -0.39 is 60.2 Å². The van der Waals surface area contributed by atoms with Gasteiger partial charge in [-0.1, -0.05) is 30.3 Å². The highest BCUT2D eigenvalue weighted by Crippen LogP contribution is 2.08. The fourth-order valence-corrected chi connectivity index (χ4v) is 4.25. The van der Waals surface area contributed by atoms with Gasteiger partial charge >= 0.3 is 11.9 Å². The van der Waals surface area contributed by atoms with Crippen LogP contribution in [-0.2, 0) is 30.4 Å². The van der Waals surface area contributed by atoms with Gasteiger partial charge in [-0.3, -0.25) is 19.2 Å². The van der Waals surface area contributed by atoms with Crippen molar-refractivity contribution < 1.29 is 34.2 Å². The lowest BCUT2D eigenvalue weighted by molar-refractivity contribution is -0.142. The van der Waals surface area contributed by atoms with E-state index in [1.165, 1.54) is 23.5 Å². The van der Waals surface area contributed by atoms with E-state index in [1.54, 1.807) is 30.3 Å². The Bertz CT molecular complexity index is 904. The fourth-order valence-electron chi connectivity index (χ4n) is 3.29. The second-order valence-corrected chi connectivity index (χ2v) is 10.3. The maximum Gasteiger partial charge on any atom is 0.326 e. The Balaban J connectivity index is 2.98. The number of hydrogen-bond acceptors (Lipinski definition) is 8. The van der Waals surface area contributed by atoms with Gasteiger partial charge in [-0.2, -0.15) is 23.5 Å². The number of nitrogens with one attached hydrogen (secondary N) is 3. The molecule has 0 aliphatic rings. The second-order valence-electron chi connectivity index (χ2n) is 8.31. The summed E-state index contributed by atoms with van der Waals surface area (Å²) in [4.78, 5) is 61.4. The lowest BCUT2D eigenvalue weighted by Gasteiger charge is -2.25. The Labute approximate surface area is 225 Å². The highest BCUT2D eigenvalue weighted by Gasteiger charge is 2.30. The smallest absolute Gasteiger partial charge is 0.326 e. The van der Waals surface area contributed by atoms with Crippen LogP contribution in [-0.4, -0.2) is 88.1 Å². The van der Waals surface area contributed by atoms with E-state index in [2.05, 4.69) is 16.0 Å². The van der Waals surface area contributed by atoms with E-state index in [-0.39, 0.29) is 19.3 Å². The average Bonchev–Trinajstić information content (AvgIpc) is 2.86. The molecule has 0 heterocycles. The summed E-state index contributed by atoms with van der Waals surface area (Å²) >= 11 is 2.94. The number of hydrogen-bond donors (Lipinski definition) is 6. The van der Waals surface area contributed by atoms with Crippen LogP contribution in [0.3, 0.4) is 0 Å². The molecule has 0 saturated carbocycles. The monoisotopic (exact) mass is 556 g/mol. The molecule has 1 rings (SSSR count). The Morgan fingerprint density at radius 3 is 1.84 bits per heavy atom. The molecule has 0 spiro atoms. The molecular weight excluding hydrogens is 520 g/mol. The van der Waals surface area contributed by atoms with E-state index in [4.69, 9.17) is 10.8 Å². The Hall–Kier alpha value is -2.77. The molecule has 0 aromatic heterocycles. The molecule has 37 heavy (non-hydrogen) atoms. The predicted octanol–water partition coefficient (Wildman–Crippen LogP) is 0.466. The molecule has 0 aliphatic carbocycles. The summed E-state index contributed by atoms with van der Waals surface area (Å²) in [6, 6.07) is 4.38. The van der Waals surface area contributed by atoms with Gasteiger partial charge in [0.15, 0.2) is 0 Å². The molecule has 0 radical (unpaired) electrons. The molecule has 0 fully saturated rings. The molecule has 7 N–H and O–H groups in total. The zero-order valence-corrected chi connectivity index (χ0v) is 22.6. The molecule has 206 valence electrons. The van der Waals surface area contributed by atoms with Gasteiger partial charge in [0.05, 0.1) is 6.04 Å². The Morgan fingerprint density at radius 2 is 1.30 bits per heavy atom. The van der Waals surface area contributed by atoms with Crippen molar-refractivity contribution >= 4 is 53.2 Å². The number of thioether (sulfide) groups is 2. The van der Waals surface area contributed by atoms with Gasteiger partial charge in [0, 0.05) is 12.8 Å². The number of aliphatic carboxylic acids is 2. The van der Waals surface area contributed by atoms with Gasteiger partial charge in [0.2, 0.25) is 17.7 Å². The third-order valence-corrected chi connectivity index (χ3v) is 6.68. The minimum Gasteiger partial charge on any atom is -0.481 e. The van der Waals surface area contributed by atoms with E-state index in [0.29, 0.717) is 23.5 Å². The van der Waals surface area contributed by atoms with Crippen LogP contribution in [0.1, 0.15) is 31.2 Å². The number of carboxylic acid groups (broad SMARTS) is 2. The van der Waals surface area contributed by atoms with Gasteiger partial charge < -0.3 is 31.9 Å². The van der Waals surface area contributed by atoms with Crippen LogP contribution >= 0.6 is 23.5 Å². The number of carbonyl (C=O) groups is 5. The van der Waals surface area contributed by atoms with Crippen molar-refractivity contribution in [2.45, 2.75) is 56.3 Å². The van der Waals surface area contributed by atoms with Crippen LogP contribution in [0, 0.1) is 0 Å². The molecule has 4 unspecified atom stereocenters. The van der Waals surface area contributed by atoms with Crippen molar-refractivity contribution in [2.24, 2.45) is 5.73 Å². The summed E-state index contributed by atoms with van der Waals surface area (Å²) in [6.45, 7) is 0. The average molecular weight is 557 g/mol. The molecule has 1 aromatic carbocycles. The van der Waals surface area contributed by atoms with Gasteiger partial charge in [0.25, 0.3) is 0 Å². The number of nitrogens with two attached hydrogens (primary N) is 1. The first-order chi connectivity index (χ1) is 17.6. The Morgan fingerprint density at radius 1 is 0.784 bits per heavy atom. The van der Waals surface area contributed by atoms with Crippen molar-refractivity contribution in [1.29, 1.82) is 0 Å². The molecule has 1 aromatic rings. The summed E-state index contributed by atoms with van der Waals surface area (Å²) in [5, 5.41) is 26.2. The van der Waals surface area contributed by atoms with Crippen molar-refractivity contribution in [1.82, 2.24) is 16.0 Å². The van der Waals surface area contributed by atoms with Crippen molar-refractivity contribution in [2.75, 3.05) is 24.0 Å². The molecule has 11 nitrogen and oxygen atoms in total. The lowest BCUT2D eigenvalue weighted by Crippen LogP contribution is -2.57. The quantitative estimate of drug-likeness (QED) is 0.148. The number of carbonyl (C=O) groups excluding carboxylic acids is 3. The first-order valence-electron chi connectivity index (χ1n) is 11.7. The maximum absolute atomic E-state index is 13.0. The van der Waals surface area contributed by atoms with Crippen molar-refractivity contribution in [3.8, 4) is 0 Å². The van der Waals surface area contributed by atoms with E-state index in [0.717, 1.165) is 0 Å². The summed E-state index contributed by atoms with van der Waals surface area (Å²) in [5.41, 5.74) is 6.59. The molecule has 0 aliphatic heterocycles. The molecule has 4 atom stereocenters. The topological polar surface area (TPSA) is 188 Å². The standard InChI is InChI=1S/C24H36N4O7S2/c1-36-12-10-16(25)21(31)26-17(8-9-20(29)30)22(32)27-18(11-13-37-2)23(33)28-19(24(34)35)14-15-6-4-3-5-7-15/h3-7,16-19H,8-14,25H2,1-2H3,(H,26,31)(H,27,32)(H,28,33)(H,29,30)(H,34,35). The highest BCUT2D eigenvalue weighted by molar-refractivity contribution is 7.98. The number of amides is 3. The van der Waals surface area contributed by atoms with Crippen LogP contribution in [0.4, 0.5) is 0 Å². The second kappa shape index (κ2) is 17.6. The molecular formula is C24H36N4O7S2. The van der Waals surface area contributed by atoms with Gasteiger partial charge in [-0.15, -0.1) is 0 Å². The van der Waals surface area contributed by atoms with Crippen LogP contribution in [0.5, 0.6) is 0 Å². The van der Waals surface area contributed by atoms with Crippen molar-refractivity contribution in [3.63, 3.8) is 0 Å². The maximum atomic E-state index is 13.0. The van der Waals surface area contributed by atoms with Crippen LogP contribution < -0.4 is 21.7 Å². The van der Waals surface area contributed by atoms with E-state index in [1.807, 2.05) is 12.5 Å². The summed E-state index contributed by atoms with van der Waals surface area (Å²) in [7, 11) is 0. The van der Waals surface area contributed by atoms with Gasteiger partial charge in [-0.25, -0.2) is 4.79 Å². The predicted molar refractivity (Wildman–Crippen MR) is 144 cm³/mol. The first-order valence-corrected chi connectivity index (χ1v) is 14.5. The van der Waals surface area contributed by atoms with Gasteiger partial charge in [-0.05, 0) is 48.8 Å². The number of rotatable bonds is 18. The summed E-state index contributed by atoms with van der Waals surface area (Å²) < 4.78 is 0. The van der Waals surface area contributed by atoms with E-state index >= 15 is 0 Å². The molecule has 13 heteroatoms. The van der Waals surface area contributed by atoms with Gasteiger partial charge in [0.1, 0.15) is 18.1 Å². The minimum atomic E-state index is -1.23. The van der Waals surface area contributed by atoms with Crippen molar-refractivity contribution in [3.05, 3.63) is 35.9 Å². The summed E-state index contributed by atoms with van der Waals surface area (Å²) in [5.74, 6) is -3.29. The molecule has 0 saturated heterocycles. The Kier molecular flexibility index (Phi) is 15.4.